The molecule has 4 N–H and O–H groups in total. The summed E-state index contributed by atoms with van der Waals surface area (Å²) in [4.78, 5) is 59.7. The molecular weight excluding hydrogens is 796 g/mol. The number of benzene rings is 4. The molecule has 0 radical (unpaired) electrons. The molecule has 13 nitrogen and oxygen atoms in total. The van der Waals surface area contributed by atoms with E-state index in [1.54, 1.807) is 41.5 Å². The Balaban J connectivity index is 0.968. The first-order valence-corrected chi connectivity index (χ1v) is 20.8. The van der Waals surface area contributed by atoms with Crippen LogP contribution in [0.15, 0.2) is 108 Å². The molecule has 0 saturated carbocycles. The standard InChI is InChI=1S/C47H51ClN6O7/c1-29-24-52(25-30(2)53(29)27-34-10-14-37(15-11-34)46(57)50-60)44(55)18-35-16-40(20-42(48)17-35)41-21-43(61-28-41)38-6-5-7-39(19-38)47(58)54-31(3)22-51(23-32(54)4)26-33-8-12-36(13-9-33)45(56)49-59/h5-17,19-21,28-32,59-60H,18,22-27H2,1-4H3,(H,49,56)(H,50,57)/t29-,30+,31-,32+. The SMILES string of the molecule is C[C@@H]1CN(C(=O)Cc2cc(Cl)cc(-c3coc(-c4cccc(C(=O)N5[C@H](C)CN(Cc6ccc(C(=O)NO)cc6)C[C@@H]5C)c4)c3)c2)C[C@H](C)N1Cc1ccc(C(=O)NO)cc1. The van der Waals surface area contributed by atoms with Crippen molar-refractivity contribution in [2.24, 2.45) is 0 Å². The van der Waals surface area contributed by atoms with Crippen molar-refractivity contribution in [1.29, 1.82) is 0 Å². The quantitative estimate of drug-likeness (QED) is 0.0820. The molecule has 7 rings (SSSR count). The van der Waals surface area contributed by atoms with Crippen LogP contribution in [0.1, 0.15) is 75.5 Å². The average Bonchev–Trinajstić information content (AvgIpc) is 3.75. The van der Waals surface area contributed by atoms with Crippen LogP contribution in [0.25, 0.3) is 22.5 Å². The van der Waals surface area contributed by atoms with Gasteiger partial charge < -0.3 is 14.2 Å². The fraction of sp³-hybridized carbons (Fsp3) is 0.319. The van der Waals surface area contributed by atoms with Crippen molar-refractivity contribution in [2.45, 2.75) is 71.4 Å². The fourth-order valence-corrected chi connectivity index (χ4v) is 9.01. The van der Waals surface area contributed by atoms with Crippen molar-refractivity contribution in [1.82, 2.24) is 30.6 Å². The zero-order valence-electron chi connectivity index (χ0n) is 34.7. The molecule has 0 spiro atoms. The van der Waals surface area contributed by atoms with Gasteiger partial charge in [-0.2, -0.15) is 0 Å². The van der Waals surface area contributed by atoms with Gasteiger partial charge in [0.2, 0.25) is 5.91 Å². The summed E-state index contributed by atoms with van der Waals surface area (Å²) in [6.45, 7) is 12.2. The number of hydrogen-bond donors (Lipinski definition) is 4. The number of amides is 4. The lowest BCUT2D eigenvalue weighted by Crippen LogP contribution is -2.58. The molecule has 2 fully saturated rings. The van der Waals surface area contributed by atoms with Crippen molar-refractivity contribution in [3.05, 3.63) is 142 Å². The van der Waals surface area contributed by atoms with Gasteiger partial charge in [0.15, 0.2) is 0 Å². The minimum Gasteiger partial charge on any atom is -0.464 e. The van der Waals surface area contributed by atoms with Crippen LogP contribution in [0.2, 0.25) is 5.02 Å². The molecule has 14 heteroatoms. The summed E-state index contributed by atoms with van der Waals surface area (Å²) in [5.74, 6) is -0.540. The summed E-state index contributed by atoms with van der Waals surface area (Å²) in [5, 5.41) is 18.3. The second kappa shape index (κ2) is 18.8. The molecule has 318 valence electrons. The maximum Gasteiger partial charge on any atom is 0.274 e. The van der Waals surface area contributed by atoms with Gasteiger partial charge in [-0.1, -0.05) is 54.1 Å². The molecule has 2 saturated heterocycles. The van der Waals surface area contributed by atoms with Gasteiger partial charge in [-0.3, -0.25) is 39.4 Å². The van der Waals surface area contributed by atoms with Crippen molar-refractivity contribution in [2.75, 3.05) is 26.2 Å². The summed E-state index contributed by atoms with van der Waals surface area (Å²) in [5.41, 5.74) is 9.88. The first-order chi connectivity index (χ1) is 29.3. The third kappa shape index (κ3) is 10.0. The lowest BCUT2D eigenvalue weighted by atomic mass is 10.0. The molecule has 4 aromatic carbocycles. The first-order valence-electron chi connectivity index (χ1n) is 20.4. The summed E-state index contributed by atoms with van der Waals surface area (Å²) in [7, 11) is 0. The molecule has 1 aromatic heterocycles. The molecule has 0 bridgehead atoms. The minimum absolute atomic E-state index is 0.0200. The molecule has 2 aliphatic heterocycles. The van der Waals surface area contributed by atoms with Crippen LogP contribution in [-0.2, 0) is 24.3 Å². The molecule has 0 unspecified atom stereocenters. The van der Waals surface area contributed by atoms with Crippen molar-refractivity contribution in [3.63, 3.8) is 0 Å². The predicted octanol–water partition coefficient (Wildman–Crippen LogP) is 6.90. The normalized spacial score (nSPS) is 19.7. The number of hydrogen-bond acceptors (Lipinski definition) is 9. The number of piperazine rings is 2. The van der Waals surface area contributed by atoms with Crippen LogP contribution in [0, 0.1) is 0 Å². The van der Waals surface area contributed by atoms with Crippen molar-refractivity contribution < 1.29 is 34.0 Å². The Bertz CT molecular complexity index is 2360. The van der Waals surface area contributed by atoms with Gasteiger partial charge in [0.25, 0.3) is 17.7 Å². The Morgan fingerprint density at radius 2 is 1.23 bits per heavy atom. The lowest BCUT2D eigenvalue weighted by molar-refractivity contribution is -0.135. The van der Waals surface area contributed by atoms with E-state index in [0.29, 0.717) is 66.7 Å². The Kier molecular flexibility index (Phi) is 13.4. The van der Waals surface area contributed by atoms with Crippen molar-refractivity contribution in [3.8, 4) is 22.5 Å². The van der Waals surface area contributed by atoms with Crippen LogP contribution in [-0.4, -0.2) is 104 Å². The minimum atomic E-state index is -0.554. The zero-order valence-corrected chi connectivity index (χ0v) is 35.4. The lowest BCUT2D eigenvalue weighted by Gasteiger charge is -2.44. The maximum absolute atomic E-state index is 14.0. The van der Waals surface area contributed by atoms with Crippen LogP contribution in [0.4, 0.5) is 0 Å². The van der Waals surface area contributed by atoms with E-state index in [1.807, 2.05) is 82.6 Å². The first kappa shape index (κ1) is 43.3. The number of carbonyl (C=O) groups is 4. The van der Waals surface area contributed by atoms with E-state index in [9.17, 15) is 19.2 Å². The highest BCUT2D eigenvalue weighted by Crippen LogP contribution is 2.32. The number of hydroxylamine groups is 2. The average molecular weight is 847 g/mol. The van der Waals surface area contributed by atoms with Gasteiger partial charge in [-0.05, 0) is 105 Å². The van der Waals surface area contributed by atoms with E-state index in [2.05, 4.69) is 37.5 Å². The molecule has 4 amide bonds. The maximum atomic E-state index is 14.0. The van der Waals surface area contributed by atoms with E-state index in [-0.39, 0.29) is 42.4 Å². The number of carbonyl (C=O) groups excluding carboxylic acids is 4. The third-order valence-corrected chi connectivity index (χ3v) is 11.9. The van der Waals surface area contributed by atoms with E-state index < -0.39 is 11.8 Å². The molecule has 61 heavy (non-hydrogen) atoms. The smallest absolute Gasteiger partial charge is 0.274 e. The van der Waals surface area contributed by atoms with E-state index in [0.717, 1.165) is 33.4 Å². The monoisotopic (exact) mass is 846 g/mol. The largest absolute Gasteiger partial charge is 0.464 e. The number of furan rings is 1. The Morgan fingerprint density at radius 3 is 1.82 bits per heavy atom. The van der Waals surface area contributed by atoms with E-state index in [4.69, 9.17) is 26.4 Å². The third-order valence-electron chi connectivity index (χ3n) is 11.7. The van der Waals surface area contributed by atoms with Crippen LogP contribution < -0.4 is 11.0 Å². The van der Waals surface area contributed by atoms with Gasteiger partial charge in [0, 0.05) is 96.3 Å². The molecule has 5 aromatic rings. The zero-order chi connectivity index (χ0) is 43.4. The van der Waals surface area contributed by atoms with Crippen molar-refractivity contribution >= 4 is 35.2 Å². The molecule has 2 aliphatic rings. The Hall–Kier alpha value is -5.83. The van der Waals surface area contributed by atoms with Crippen LogP contribution in [0.5, 0.6) is 0 Å². The number of rotatable bonds is 11. The summed E-state index contributed by atoms with van der Waals surface area (Å²) < 4.78 is 6.06. The number of nitrogens with one attached hydrogen (secondary N) is 2. The highest BCUT2D eigenvalue weighted by atomic mass is 35.5. The van der Waals surface area contributed by atoms with Gasteiger partial charge in [-0.15, -0.1) is 0 Å². The molecule has 4 atom stereocenters. The Labute approximate surface area is 360 Å². The second-order valence-electron chi connectivity index (χ2n) is 16.4. The molecule has 3 heterocycles. The van der Waals surface area contributed by atoms with E-state index in [1.165, 1.54) is 0 Å². The molecule has 0 aliphatic carbocycles. The topological polar surface area (TPSA) is 159 Å². The van der Waals surface area contributed by atoms with Gasteiger partial charge in [0.05, 0.1) is 12.7 Å². The highest BCUT2D eigenvalue weighted by Gasteiger charge is 2.34. The van der Waals surface area contributed by atoms with Crippen LogP contribution in [0.3, 0.4) is 0 Å². The van der Waals surface area contributed by atoms with Gasteiger partial charge in [0.1, 0.15) is 5.76 Å². The van der Waals surface area contributed by atoms with Gasteiger partial charge in [-0.25, -0.2) is 11.0 Å². The highest BCUT2D eigenvalue weighted by molar-refractivity contribution is 6.31. The number of nitrogens with zero attached hydrogens (tertiary/aromatic N) is 4. The van der Waals surface area contributed by atoms with Gasteiger partial charge >= 0.3 is 0 Å². The Morgan fingerprint density at radius 1 is 0.639 bits per heavy atom. The van der Waals surface area contributed by atoms with E-state index >= 15 is 0 Å². The summed E-state index contributed by atoms with van der Waals surface area (Å²) in [6.07, 6.45) is 1.86. The predicted molar refractivity (Wildman–Crippen MR) is 231 cm³/mol. The summed E-state index contributed by atoms with van der Waals surface area (Å²) >= 11 is 6.63. The number of halogens is 1. The second-order valence-corrected chi connectivity index (χ2v) is 16.8. The summed E-state index contributed by atoms with van der Waals surface area (Å²) in [6, 6.07) is 29.4. The fourth-order valence-electron chi connectivity index (χ4n) is 8.75. The van der Waals surface area contributed by atoms with Crippen LogP contribution >= 0.6 is 11.6 Å². The molecular formula is C47H51ClN6O7.